The standard InChI is InChI=1S/C18H22ClNO/c1-12-9-10-18(21-4)16(11-12)14(3)20-13(2)15-7-5-6-8-17(15)19/h5-11,13-14,20H,1-4H3. The molecule has 2 atom stereocenters. The van der Waals surface area contributed by atoms with Gasteiger partial charge in [-0.1, -0.05) is 47.5 Å². The molecule has 2 rings (SSSR count). The van der Waals surface area contributed by atoms with Crippen LogP contribution in [0.15, 0.2) is 42.5 Å². The SMILES string of the molecule is COc1ccc(C)cc1C(C)NC(C)c1ccccc1Cl. The second-order valence-electron chi connectivity index (χ2n) is 5.38. The van der Waals surface area contributed by atoms with E-state index in [1.54, 1.807) is 7.11 Å². The Morgan fingerprint density at radius 3 is 2.33 bits per heavy atom. The summed E-state index contributed by atoms with van der Waals surface area (Å²) in [6, 6.07) is 14.5. The number of hydrogen-bond acceptors (Lipinski definition) is 2. The van der Waals surface area contributed by atoms with E-state index in [2.05, 4.69) is 44.3 Å². The van der Waals surface area contributed by atoms with Gasteiger partial charge in [0.25, 0.3) is 0 Å². The second kappa shape index (κ2) is 6.97. The Hall–Kier alpha value is -1.51. The highest BCUT2D eigenvalue weighted by Gasteiger charge is 2.16. The summed E-state index contributed by atoms with van der Waals surface area (Å²) in [5.41, 5.74) is 3.50. The summed E-state index contributed by atoms with van der Waals surface area (Å²) in [7, 11) is 1.71. The van der Waals surface area contributed by atoms with E-state index in [0.29, 0.717) is 0 Å². The van der Waals surface area contributed by atoms with Crippen LogP contribution in [0.25, 0.3) is 0 Å². The third kappa shape index (κ3) is 3.78. The van der Waals surface area contributed by atoms with E-state index in [1.165, 1.54) is 5.56 Å². The average Bonchev–Trinajstić information content (AvgIpc) is 2.47. The molecule has 3 heteroatoms. The molecule has 2 aromatic rings. The van der Waals surface area contributed by atoms with Crippen LogP contribution in [0.5, 0.6) is 5.75 Å². The molecule has 0 heterocycles. The fourth-order valence-electron chi connectivity index (χ4n) is 2.57. The first-order valence-electron chi connectivity index (χ1n) is 7.18. The Labute approximate surface area is 132 Å². The summed E-state index contributed by atoms with van der Waals surface area (Å²) in [4.78, 5) is 0. The van der Waals surface area contributed by atoms with E-state index in [-0.39, 0.29) is 12.1 Å². The van der Waals surface area contributed by atoms with Gasteiger partial charge in [-0.2, -0.15) is 0 Å². The predicted octanol–water partition coefficient (Wildman–Crippen LogP) is 5.07. The van der Waals surface area contributed by atoms with Crippen LogP contribution in [0.2, 0.25) is 5.02 Å². The number of ether oxygens (including phenoxy) is 1. The molecule has 21 heavy (non-hydrogen) atoms. The van der Waals surface area contributed by atoms with E-state index >= 15 is 0 Å². The molecule has 0 amide bonds. The van der Waals surface area contributed by atoms with Crippen LogP contribution in [-0.2, 0) is 0 Å². The molecule has 0 saturated carbocycles. The maximum atomic E-state index is 6.27. The van der Waals surface area contributed by atoms with Gasteiger partial charge >= 0.3 is 0 Å². The second-order valence-corrected chi connectivity index (χ2v) is 5.78. The van der Waals surface area contributed by atoms with Crippen molar-refractivity contribution in [2.45, 2.75) is 32.9 Å². The quantitative estimate of drug-likeness (QED) is 0.832. The van der Waals surface area contributed by atoms with Gasteiger partial charge in [0.05, 0.1) is 7.11 Å². The minimum atomic E-state index is 0.166. The zero-order valence-corrected chi connectivity index (χ0v) is 13.7. The normalized spacial score (nSPS) is 13.8. The molecule has 2 unspecified atom stereocenters. The molecule has 0 spiro atoms. The van der Waals surface area contributed by atoms with Gasteiger partial charge in [-0.05, 0) is 38.5 Å². The zero-order valence-electron chi connectivity index (χ0n) is 13.0. The van der Waals surface area contributed by atoms with Gasteiger partial charge in [0, 0.05) is 22.7 Å². The number of benzene rings is 2. The van der Waals surface area contributed by atoms with Gasteiger partial charge in [0.15, 0.2) is 0 Å². The van der Waals surface area contributed by atoms with Gasteiger partial charge < -0.3 is 10.1 Å². The Bertz CT molecular complexity index is 612. The van der Waals surface area contributed by atoms with Gasteiger partial charge in [-0.3, -0.25) is 0 Å². The van der Waals surface area contributed by atoms with Crippen LogP contribution in [0, 0.1) is 6.92 Å². The van der Waals surface area contributed by atoms with Crippen molar-refractivity contribution in [3.8, 4) is 5.75 Å². The Morgan fingerprint density at radius 1 is 1.00 bits per heavy atom. The molecule has 112 valence electrons. The molecule has 2 nitrogen and oxygen atoms in total. The first kappa shape index (κ1) is 15.9. The van der Waals surface area contributed by atoms with Crippen molar-refractivity contribution >= 4 is 11.6 Å². The molecule has 0 aliphatic rings. The summed E-state index contributed by atoms with van der Waals surface area (Å²) in [5, 5.41) is 4.38. The number of nitrogens with one attached hydrogen (secondary N) is 1. The summed E-state index contributed by atoms with van der Waals surface area (Å²) >= 11 is 6.27. The van der Waals surface area contributed by atoms with Crippen molar-refractivity contribution in [1.29, 1.82) is 0 Å². The summed E-state index contributed by atoms with van der Waals surface area (Å²) in [6.45, 7) is 6.36. The topological polar surface area (TPSA) is 21.3 Å². The van der Waals surface area contributed by atoms with Gasteiger partial charge in [-0.15, -0.1) is 0 Å². The highest BCUT2D eigenvalue weighted by Crippen LogP contribution is 2.29. The molecule has 0 saturated heterocycles. The number of halogens is 1. The average molecular weight is 304 g/mol. The van der Waals surface area contributed by atoms with Crippen molar-refractivity contribution < 1.29 is 4.74 Å². The van der Waals surface area contributed by atoms with Crippen LogP contribution in [0.4, 0.5) is 0 Å². The van der Waals surface area contributed by atoms with Crippen molar-refractivity contribution in [3.05, 3.63) is 64.2 Å². The Balaban J connectivity index is 2.20. The molecule has 0 aromatic heterocycles. The molecule has 0 fully saturated rings. The minimum absolute atomic E-state index is 0.166. The van der Waals surface area contributed by atoms with Crippen LogP contribution >= 0.6 is 11.6 Å². The van der Waals surface area contributed by atoms with E-state index in [9.17, 15) is 0 Å². The van der Waals surface area contributed by atoms with E-state index < -0.39 is 0 Å². The maximum Gasteiger partial charge on any atom is 0.123 e. The molecular formula is C18H22ClNO. The van der Waals surface area contributed by atoms with E-state index in [4.69, 9.17) is 16.3 Å². The molecule has 2 aromatic carbocycles. The summed E-state index contributed by atoms with van der Waals surface area (Å²) in [5.74, 6) is 0.909. The smallest absolute Gasteiger partial charge is 0.123 e. The zero-order chi connectivity index (χ0) is 15.4. The number of methoxy groups -OCH3 is 1. The highest BCUT2D eigenvalue weighted by atomic mass is 35.5. The minimum Gasteiger partial charge on any atom is -0.496 e. The molecule has 1 N–H and O–H groups in total. The third-order valence-electron chi connectivity index (χ3n) is 3.72. The summed E-state index contributed by atoms with van der Waals surface area (Å²) in [6.07, 6.45) is 0. The lowest BCUT2D eigenvalue weighted by molar-refractivity contribution is 0.396. The Morgan fingerprint density at radius 2 is 1.67 bits per heavy atom. The number of aryl methyl sites for hydroxylation is 1. The van der Waals surface area contributed by atoms with Crippen LogP contribution in [0.3, 0.4) is 0 Å². The van der Waals surface area contributed by atoms with Crippen LogP contribution in [-0.4, -0.2) is 7.11 Å². The first-order valence-corrected chi connectivity index (χ1v) is 7.55. The number of rotatable bonds is 5. The lowest BCUT2D eigenvalue weighted by atomic mass is 10.0. The largest absolute Gasteiger partial charge is 0.496 e. The lowest BCUT2D eigenvalue weighted by Crippen LogP contribution is -2.23. The molecule has 0 aliphatic heterocycles. The summed E-state index contributed by atoms with van der Waals surface area (Å²) < 4.78 is 5.47. The fourth-order valence-corrected chi connectivity index (χ4v) is 2.87. The molecular weight excluding hydrogens is 282 g/mol. The van der Waals surface area contributed by atoms with Crippen molar-refractivity contribution in [2.24, 2.45) is 0 Å². The van der Waals surface area contributed by atoms with Crippen molar-refractivity contribution in [3.63, 3.8) is 0 Å². The maximum absolute atomic E-state index is 6.27. The monoisotopic (exact) mass is 303 g/mol. The van der Waals surface area contributed by atoms with Crippen molar-refractivity contribution in [1.82, 2.24) is 5.32 Å². The van der Waals surface area contributed by atoms with Gasteiger partial charge in [-0.25, -0.2) is 0 Å². The van der Waals surface area contributed by atoms with Crippen LogP contribution in [0.1, 0.15) is 42.6 Å². The Kier molecular flexibility index (Phi) is 5.27. The van der Waals surface area contributed by atoms with Gasteiger partial charge in [0.2, 0.25) is 0 Å². The van der Waals surface area contributed by atoms with Gasteiger partial charge in [0.1, 0.15) is 5.75 Å². The molecule has 0 bridgehead atoms. The molecule has 0 radical (unpaired) electrons. The lowest BCUT2D eigenvalue weighted by Gasteiger charge is -2.23. The fraction of sp³-hybridized carbons (Fsp3) is 0.333. The number of hydrogen-bond donors (Lipinski definition) is 1. The highest BCUT2D eigenvalue weighted by molar-refractivity contribution is 6.31. The molecule has 0 aliphatic carbocycles. The predicted molar refractivity (Wildman–Crippen MR) is 89.1 cm³/mol. The van der Waals surface area contributed by atoms with E-state index in [0.717, 1.165) is 21.9 Å². The van der Waals surface area contributed by atoms with E-state index in [1.807, 2.05) is 24.3 Å². The van der Waals surface area contributed by atoms with Crippen molar-refractivity contribution in [2.75, 3.05) is 7.11 Å². The third-order valence-corrected chi connectivity index (χ3v) is 4.07. The first-order chi connectivity index (χ1) is 10.0. The van der Waals surface area contributed by atoms with Crippen LogP contribution < -0.4 is 10.1 Å².